The zero-order valence-electron chi connectivity index (χ0n) is 6.11. The molecule has 0 aliphatic rings. The Labute approximate surface area is 73.1 Å². The molecule has 58 valence electrons. The summed E-state index contributed by atoms with van der Waals surface area (Å²) in [6.45, 7) is 0. The summed E-state index contributed by atoms with van der Waals surface area (Å²) in [5.74, 6) is 0. The van der Waals surface area contributed by atoms with E-state index >= 15 is 0 Å². The van der Waals surface area contributed by atoms with E-state index in [2.05, 4.69) is 4.98 Å². The molecule has 0 aliphatic carbocycles. The fourth-order valence-electron chi connectivity index (χ4n) is 1.06. The van der Waals surface area contributed by atoms with Crippen LogP contribution in [0, 0.1) is 11.3 Å². The molecule has 0 aliphatic heterocycles. The van der Waals surface area contributed by atoms with Gasteiger partial charge in [0.1, 0.15) is 17.1 Å². The van der Waals surface area contributed by atoms with Gasteiger partial charge in [0, 0.05) is 0 Å². The van der Waals surface area contributed by atoms with Crippen LogP contribution < -0.4 is 5.73 Å². The van der Waals surface area contributed by atoms with Crippen LogP contribution >= 0.6 is 11.3 Å². The van der Waals surface area contributed by atoms with Gasteiger partial charge in [0.05, 0.1) is 15.9 Å². The van der Waals surface area contributed by atoms with Gasteiger partial charge in [-0.05, 0) is 12.1 Å². The predicted molar refractivity (Wildman–Crippen MR) is 48.7 cm³/mol. The maximum absolute atomic E-state index is 8.77. The van der Waals surface area contributed by atoms with Crippen molar-refractivity contribution in [3.8, 4) is 6.07 Å². The first-order chi connectivity index (χ1) is 5.83. The number of benzene rings is 1. The van der Waals surface area contributed by atoms with Crippen molar-refractivity contribution in [3.63, 3.8) is 0 Å². The second-order valence-electron chi connectivity index (χ2n) is 2.34. The molecular formula is C8H5N3S. The Kier molecular flexibility index (Phi) is 1.45. The fraction of sp³-hybridized carbons (Fsp3) is 0. The van der Waals surface area contributed by atoms with E-state index in [9.17, 15) is 0 Å². The van der Waals surface area contributed by atoms with Crippen LogP contribution in [0.1, 0.15) is 5.56 Å². The molecule has 0 saturated carbocycles. The minimum Gasteiger partial charge on any atom is -0.398 e. The Morgan fingerprint density at radius 3 is 3.08 bits per heavy atom. The molecule has 3 nitrogen and oxygen atoms in total. The molecule has 2 rings (SSSR count). The first kappa shape index (κ1) is 7.07. The number of nitriles is 1. The summed E-state index contributed by atoms with van der Waals surface area (Å²) in [5, 5.41) is 8.77. The lowest BCUT2D eigenvalue weighted by Crippen LogP contribution is -1.90. The SMILES string of the molecule is N#Cc1c(N)ccc2scnc12. The second-order valence-corrected chi connectivity index (χ2v) is 3.23. The van der Waals surface area contributed by atoms with Crippen molar-refractivity contribution >= 4 is 27.2 Å². The average molecular weight is 175 g/mol. The number of aromatic nitrogens is 1. The summed E-state index contributed by atoms with van der Waals surface area (Å²) >= 11 is 1.51. The minimum absolute atomic E-state index is 0.480. The van der Waals surface area contributed by atoms with Crippen LogP contribution in [-0.4, -0.2) is 4.98 Å². The molecule has 2 N–H and O–H groups in total. The summed E-state index contributed by atoms with van der Waals surface area (Å²) < 4.78 is 1.00. The average Bonchev–Trinajstić information content (AvgIpc) is 2.52. The maximum Gasteiger partial charge on any atom is 0.104 e. The molecule has 0 spiro atoms. The Morgan fingerprint density at radius 2 is 2.33 bits per heavy atom. The number of hydrogen-bond donors (Lipinski definition) is 1. The molecule has 1 aromatic heterocycles. The monoisotopic (exact) mass is 175 g/mol. The number of rotatable bonds is 0. The number of nitrogens with two attached hydrogens (primary N) is 1. The zero-order chi connectivity index (χ0) is 8.55. The number of nitrogens with zero attached hydrogens (tertiary/aromatic N) is 2. The number of thiazole rings is 1. The van der Waals surface area contributed by atoms with E-state index in [4.69, 9.17) is 11.0 Å². The molecule has 1 aromatic carbocycles. The van der Waals surface area contributed by atoms with Crippen LogP contribution in [0.2, 0.25) is 0 Å². The zero-order valence-corrected chi connectivity index (χ0v) is 6.93. The van der Waals surface area contributed by atoms with Gasteiger partial charge in [0.25, 0.3) is 0 Å². The van der Waals surface area contributed by atoms with E-state index in [1.165, 1.54) is 11.3 Å². The third-order valence-electron chi connectivity index (χ3n) is 1.65. The highest BCUT2D eigenvalue weighted by Gasteiger charge is 2.05. The number of nitrogen functional groups attached to an aromatic ring is 1. The summed E-state index contributed by atoms with van der Waals surface area (Å²) in [4.78, 5) is 4.07. The van der Waals surface area contributed by atoms with Crippen LogP contribution in [0.15, 0.2) is 17.6 Å². The van der Waals surface area contributed by atoms with Crippen LogP contribution in [0.25, 0.3) is 10.2 Å². The van der Waals surface area contributed by atoms with E-state index in [1.54, 1.807) is 11.6 Å². The second kappa shape index (κ2) is 2.47. The van der Waals surface area contributed by atoms with Crippen LogP contribution in [-0.2, 0) is 0 Å². The van der Waals surface area contributed by atoms with E-state index in [0.717, 1.165) is 4.70 Å². The van der Waals surface area contributed by atoms with Gasteiger partial charge in [-0.15, -0.1) is 11.3 Å². The van der Waals surface area contributed by atoms with E-state index in [-0.39, 0.29) is 0 Å². The maximum atomic E-state index is 8.77. The molecule has 12 heavy (non-hydrogen) atoms. The topological polar surface area (TPSA) is 62.7 Å². The van der Waals surface area contributed by atoms with E-state index in [1.807, 2.05) is 12.1 Å². The standard InChI is InChI=1S/C8H5N3S/c9-3-5-6(10)1-2-7-8(5)11-4-12-7/h1-2,4H,10H2. The van der Waals surface area contributed by atoms with Crippen molar-refractivity contribution in [3.05, 3.63) is 23.2 Å². The lowest BCUT2D eigenvalue weighted by molar-refractivity contribution is 1.45. The van der Waals surface area contributed by atoms with Gasteiger partial charge >= 0.3 is 0 Å². The Balaban J connectivity index is 2.94. The van der Waals surface area contributed by atoms with Crippen LogP contribution in [0.3, 0.4) is 0 Å². The number of anilines is 1. The lowest BCUT2D eigenvalue weighted by Gasteiger charge is -1.95. The third kappa shape index (κ3) is 0.840. The van der Waals surface area contributed by atoms with Gasteiger partial charge in [-0.3, -0.25) is 0 Å². The normalized spacial score (nSPS) is 9.92. The van der Waals surface area contributed by atoms with Gasteiger partial charge in [0.15, 0.2) is 0 Å². The summed E-state index contributed by atoms with van der Waals surface area (Å²) in [7, 11) is 0. The van der Waals surface area contributed by atoms with E-state index in [0.29, 0.717) is 16.8 Å². The van der Waals surface area contributed by atoms with Crippen molar-refractivity contribution < 1.29 is 0 Å². The van der Waals surface area contributed by atoms with Crippen LogP contribution in [0.5, 0.6) is 0 Å². The lowest BCUT2D eigenvalue weighted by atomic mass is 10.2. The number of hydrogen-bond acceptors (Lipinski definition) is 4. The molecule has 1 heterocycles. The summed E-state index contributed by atoms with van der Waals surface area (Å²) in [6.07, 6.45) is 0. The Hall–Kier alpha value is -1.60. The minimum atomic E-state index is 0.480. The first-order valence-corrected chi connectivity index (χ1v) is 4.22. The van der Waals surface area contributed by atoms with E-state index < -0.39 is 0 Å². The molecule has 0 fully saturated rings. The molecule has 2 aromatic rings. The third-order valence-corrected chi connectivity index (χ3v) is 2.44. The smallest absolute Gasteiger partial charge is 0.104 e. The fourth-order valence-corrected chi connectivity index (χ4v) is 1.75. The summed E-state index contributed by atoms with van der Waals surface area (Å²) in [6, 6.07) is 5.66. The molecular weight excluding hydrogens is 170 g/mol. The highest BCUT2D eigenvalue weighted by atomic mass is 32.1. The Morgan fingerprint density at radius 1 is 1.50 bits per heavy atom. The molecule has 0 amide bonds. The molecule has 0 radical (unpaired) electrons. The number of fused-ring (bicyclic) bond motifs is 1. The van der Waals surface area contributed by atoms with Crippen molar-refractivity contribution in [2.75, 3.05) is 5.73 Å². The van der Waals surface area contributed by atoms with Gasteiger partial charge in [-0.2, -0.15) is 5.26 Å². The molecule has 0 unspecified atom stereocenters. The van der Waals surface area contributed by atoms with Crippen molar-refractivity contribution in [2.45, 2.75) is 0 Å². The van der Waals surface area contributed by atoms with Gasteiger partial charge in [-0.25, -0.2) is 4.98 Å². The first-order valence-electron chi connectivity index (χ1n) is 3.34. The van der Waals surface area contributed by atoms with Crippen molar-refractivity contribution in [1.29, 1.82) is 5.26 Å². The summed E-state index contributed by atoms with van der Waals surface area (Å²) in [5.41, 5.74) is 9.00. The quantitative estimate of drug-likeness (QED) is 0.620. The molecule has 0 saturated heterocycles. The highest BCUT2D eigenvalue weighted by molar-refractivity contribution is 7.16. The molecule has 0 atom stereocenters. The van der Waals surface area contributed by atoms with Gasteiger partial charge < -0.3 is 5.73 Å². The Bertz CT molecular complexity index is 467. The predicted octanol–water partition coefficient (Wildman–Crippen LogP) is 1.75. The van der Waals surface area contributed by atoms with Crippen molar-refractivity contribution in [2.24, 2.45) is 0 Å². The molecule has 4 heteroatoms. The van der Waals surface area contributed by atoms with Gasteiger partial charge in [-0.1, -0.05) is 0 Å². The molecule has 0 bridgehead atoms. The largest absolute Gasteiger partial charge is 0.398 e. The van der Waals surface area contributed by atoms with Gasteiger partial charge in [0.2, 0.25) is 0 Å². The van der Waals surface area contributed by atoms with Crippen LogP contribution in [0.4, 0.5) is 5.69 Å². The van der Waals surface area contributed by atoms with Crippen molar-refractivity contribution in [1.82, 2.24) is 4.98 Å². The highest BCUT2D eigenvalue weighted by Crippen LogP contribution is 2.24.